The minimum atomic E-state index is -0.878. The Labute approximate surface area is 92.6 Å². The Kier molecular flexibility index (Phi) is 4.04. The standard InChI is InChI=1S/C10H14N2O4/c1-6(3-4-9(13)14)11-10(15)8-5-7(2)12-16-8/h5-6H,3-4H2,1-2H3,(H,11,15)(H,13,14)/t6-/m0/s1. The van der Waals surface area contributed by atoms with Gasteiger partial charge >= 0.3 is 5.97 Å². The van der Waals surface area contributed by atoms with Gasteiger partial charge in [0.25, 0.3) is 5.91 Å². The third-order valence-electron chi connectivity index (χ3n) is 2.02. The molecule has 1 atom stereocenters. The van der Waals surface area contributed by atoms with Crippen LogP contribution in [-0.4, -0.2) is 28.2 Å². The van der Waals surface area contributed by atoms with E-state index in [2.05, 4.69) is 10.5 Å². The van der Waals surface area contributed by atoms with Crippen molar-refractivity contribution in [1.29, 1.82) is 0 Å². The largest absolute Gasteiger partial charge is 0.481 e. The second-order valence-corrected chi connectivity index (χ2v) is 3.64. The fourth-order valence-corrected chi connectivity index (χ4v) is 1.18. The Hall–Kier alpha value is -1.85. The van der Waals surface area contributed by atoms with Crippen LogP contribution in [0.4, 0.5) is 0 Å². The van der Waals surface area contributed by atoms with Crippen molar-refractivity contribution in [3.63, 3.8) is 0 Å². The lowest BCUT2D eigenvalue weighted by Gasteiger charge is -2.10. The van der Waals surface area contributed by atoms with Crippen molar-refractivity contribution in [3.05, 3.63) is 17.5 Å². The molecule has 0 radical (unpaired) electrons. The van der Waals surface area contributed by atoms with Crippen molar-refractivity contribution < 1.29 is 19.2 Å². The number of nitrogens with one attached hydrogen (secondary N) is 1. The molecule has 0 fully saturated rings. The Morgan fingerprint density at radius 3 is 2.81 bits per heavy atom. The molecule has 6 heteroatoms. The second kappa shape index (κ2) is 5.29. The molecule has 1 amide bonds. The number of rotatable bonds is 5. The van der Waals surface area contributed by atoms with Crippen LogP contribution in [0.5, 0.6) is 0 Å². The van der Waals surface area contributed by atoms with Gasteiger partial charge in [0, 0.05) is 18.5 Å². The van der Waals surface area contributed by atoms with Crippen LogP contribution in [0.2, 0.25) is 0 Å². The molecule has 0 unspecified atom stereocenters. The van der Waals surface area contributed by atoms with Crippen molar-refractivity contribution in [2.75, 3.05) is 0 Å². The van der Waals surface area contributed by atoms with Crippen molar-refractivity contribution in [2.24, 2.45) is 0 Å². The van der Waals surface area contributed by atoms with Gasteiger partial charge in [-0.25, -0.2) is 0 Å². The Morgan fingerprint density at radius 2 is 2.31 bits per heavy atom. The van der Waals surface area contributed by atoms with Crippen LogP contribution in [-0.2, 0) is 4.79 Å². The molecule has 88 valence electrons. The molecule has 0 saturated carbocycles. The van der Waals surface area contributed by atoms with Gasteiger partial charge in [-0.05, 0) is 20.3 Å². The summed E-state index contributed by atoms with van der Waals surface area (Å²) in [6.07, 6.45) is 0.408. The molecule has 1 rings (SSSR count). The van der Waals surface area contributed by atoms with E-state index in [1.54, 1.807) is 13.8 Å². The van der Waals surface area contributed by atoms with Crippen LogP contribution in [0.1, 0.15) is 36.0 Å². The molecule has 6 nitrogen and oxygen atoms in total. The van der Waals surface area contributed by atoms with Crippen molar-refractivity contribution in [2.45, 2.75) is 32.7 Å². The summed E-state index contributed by atoms with van der Waals surface area (Å²) >= 11 is 0. The number of carboxylic acid groups (broad SMARTS) is 1. The maximum atomic E-state index is 11.5. The number of carbonyl (C=O) groups excluding carboxylic acids is 1. The summed E-state index contributed by atoms with van der Waals surface area (Å²) in [5.41, 5.74) is 0.628. The van der Waals surface area contributed by atoms with Gasteiger partial charge in [-0.15, -0.1) is 0 Å². The van der Waals surface area contributed by atoms with E-state index in [0.29, 0.717) is 12.1 Å². The molecule has 1 aromatic heterocycles. The molecule has 2 N–H and O–H groups in total. The Bertz CT molecular complexity index is 386. The van der Waals surface area contributed by atoms with E-state index in [1.165, 1.54) is 6.07 Å². The number of hydrogen-bond acceptors (Lipinski definition) is 4. The molecular formula is C10H14N2O4. The second-order valence-electron chi connectivity index (χ2n) is 3.64. The number of carbonyl (C=O) groups is 2. The number of nitrogens with zero attached hydrogens (tertiary/aromatic N) is 1. The molecule has 0 saturated heterocycles. The summed E-state index contributed by atoms with van der Waals surface area (Å²) in [6, 6.07) is 1.31. The highest BCUT2D eigenvalue weighted by atomic mass is 16.5. The lowest BCUT2D eigenvalue weighted by atomic mass is 10.2. The summed E-state index contributed by atoms with van der Waals surface area (Å²) in [4.78, 5) is 21.8. The predicted molar refractivity (Wildman–Crippen MR) is 55.0 cm³/mol. The Morgan fingerprint density at radius 1 is 1.62 bits per heavy atom. The summed E-state index contributed by atoms with van der Waals surface area (Å²) in [5, 5.41) is 14.7. The summed E-state index contributed by atoms with van der Waals surface area (Å²) in [7, 11) is 0. The zero-order chi connectivity index (χ0) is 12.1. The predicted octanol–water partition coefficient (Wildman–Crippen LogP) is 0.966. The fourth-order valence-electron chi connectivity index (χ4n) is 1.18. The summed E-state index contributed by atoms with van der Waals surface area (Å²) in [6.45, 7) is 3.46. The zero-order valence-electron chi connectivity index (χ0n) is 9.19. The van der Waals surface area contributed by atoms with Gasteiger partial charge in [-0.1, -0.05) is 5.16 Å². The van der Waals surface area contributed by atoms with E-state index in [0.717, 1.165) is 0 Å². The van der Waals surface area contributed by atoms with Gasteiger partial charge in [-0.3, -0.25) is 9.59 Å². The molecule has 0 aliphatic rings. The molecule has 1 heterocycles. The van der Waals surface area contributed by atoms with Crippen molar-refractivity contribution in [3.8, 4) is 0 Å². The molecule has 0 aliphatic carbocycles. The maximum Gasteiger partial charge on any atom is 0.303 e. The molecule has 0 aromatic carbocycles. The highest BCUT2D eigenvalue weighted by Crippen LogP contribution is 2.03. The minimum absolute atomic E-state index is 0.0247. The van der Waals surface area contributed by atoms with Gasteiger partial charge in [0.05, 0.1) is 5.69 Å². The van der Waals surface area contributed by atoms with E-state index < -0.39 is 5.97 Å². The van der Waals surface area contributed by atoms with E-state index in [-0.39, 0.29) is 24.1 Å². The van der Waals surface area contributed by atoms with Crippen LogP contribution in [0.15, 0.2) is 10.6 Å². The van der Waals surface area contributed by atoms with Crippen LogP contribution in [0.3, 0.4) is 0 Å². The molecule has 1 aromatic rings. The monoisotopic (exact) mass is 226 g/mol. The van der Waals surface area contributed by atoms with Crippen molar-refractivity contribution in [1.82, 2.24) is 10.5 Å². The highest BCUT2D eigenvalue weighted by molar-refractivity contribution is 5.91. The smallest absolute Gasteiger partial charge is 0.303 e. The van der Waals surface area contributed by atoms with Gasteiger partial charge in [-0.2, -0.15) is 0 Å². The average Bonchev–Trinajstić information content (AvgIpc) is 2.62. The lowest BCUT2D eigenvalue weighted by Crippen LogP contribution is -2.32. The molecule has 0 aliphatic heterocycles. The summed E-state index contributed by atoms with van der Waals surface area (Å²) in [5.74, 6) is -1.12. The van der Waals surface area contributed by atoms with Gasteiger partial charge in [0.1, 0.15) is 0 Å². The number of hydrogen-bond donors (Lipinski definition) is 2. The van der Waals surface area contributed by atoms with E-state index in [1.807, 2.05) is 0 Å². The number of amides is 1. The highest BCUT2D eigenvalue weighted by Gasteiger charge is 2.14. The number of aryl methyl sites for hydroxylation is 1. The number of carboxylic acids is 1. The first-order valence-corrected chi connectivity index (χ1v) is 4.95. The first-order valence-electron chi connectivity index (χ1n) is 4.95. The minimum Gasteiger partial charge on any atom is -0.481 e. The average molecular weight is 226 g/mol. The first-order chi connectivity index (χ1) is 7.49. The lowest BCUT2D eigenvalue weighted by molar-refractivity contribution is -0.137. The Balaban J connectivity index is 2.42. The van der Waals surface area contributed by atoms with Crippen LogP contribution >= 0.6 is 0 Å². The molecule has 16 heavy (non-hydrogen) atoms. The quantitative estimate of drug-likeness (QED) is 0.780. The molecular weight excluding hydrogens is 212 g/mol. The van der Waals surface area contributed by atoms with E-state index >= 15 is 0 Å². The number of aromatic nitrogens is 1. The third kappa shape index (κ3) is 3.72. The van der Waals surface area contributed by atoms with Crippen molar-refractivity contribution >= 4 is 11.9 Å². The van der Waals surface area contributed by atoms with Crippen LogP contribution < -0.4 is 5.32 Å². The fraction of sp³-hybridized carbons (Fsp3) is 0.500. The third-order valence-corrected chi connectivity index (χ3v) is 2.02. The number of aliphatic carboxylic acids is 1. The SMILES string of the molecule is Cc1cc(C(=O)N[C@@H](C)CCC(=O)O)on1. The maximum absolute atomic E-state index is 11.5. The van der Waals surface area contributed by atoms with Crippen LogP contribution in [0, 0.1) is 6.92 Å². The zero-order valence-corrected chi connectivity index (χ0v) is 9.19. The first kappa shape index (κ1) is 12.2. The van der Waals surface area contributed by atoms with E-state index in [9.17, 15) is 9.59 Å². The molecule has 0 spiro atoms. The summed E-state index contributed by atoms with van der Waals surface area (Å²) < 4.78 is 4.77. The normalized spacial score (nSPS) is 12.1. The van der Waals surface area contributed by atoms with Gasteiger partial charge in [0.2, 0.25) is 5.76 Å². The van der Waals surface area contributed by atoms with Crippen LogP contribution in [0.25, 0.3) is 0 Å². The molecule has 0 bridgehead atoms. The van der Waals surface area contributed by atoms with Gasteiger partial charge in [0.15, 0.2) is 0 Å². The topological polar surface area (TPSA) is 92.4 Å². The van der Waals surface area contributed by atoms with E-state index in [4.69, 9.17) is 9.63 Å². The van der Waals surface area contributed by atoms with Gasteiger partial charge < -0.3 is 14.9 Å².